The number of hydrogen-bond donors (Lipinski definition) is 1. The summed E-state index contributed by atoms with van der Waals surface area (Å²) >= 11 is 0. The van der Waals surface area contributed by atoms with E-state index in [0.29, 0.717) is 6.10 Å². The lowest BCUT2D eigenvalue weighted by molar-refractivity contribution is -0.0379. The van der Waals surface area contributed by atoms with E-state index < -0.39 is 0 Å². The van der Waals surface area contributed by atoms with E-state index in [1.165, 1.54) is 11.1 Å². The molecule has 1 aliphatic rings. The zero-order valence-corrected chi connectivity index (χ0v) is 11.3. The number of ether oxygens (including phenoxy) is 2. The summed E-state index contributed by atoms with van der Waals surface area (Å²) in [5.41, 5.74) is 2.64. The van der Waals surface area contributed by atoms with Gasteiger partial charge in [-0.25, -0.2) is 0 Å². The van der Waals surface area contributed by atoms with Gasteiger partial charge in [0, 0.05) is 13.2 Å². The molecule has 1 N–H and O–H groups in total. The van der Waals surface area contributed by atoms with E-state index in [1.54, 1.807) is 0 Å². The molecule has 0 aromatic heterocycles. The second kappa shape index (κ2) is 6.88. The van der Waals surface area contributed by atoms with E-state index >= 15 is 0 Å². The van der Waals surface area contributed by atoms with Crippen LogP contribution in [0.15, 0.2) is 24.3 Å². The molecule has 100 valence electrons. The van der Waals surface area contributed by atoms with Crippen molar-refractivity contribution in [3.8, 4) is 0 Å². The van der Waals surface area contributed by atoms with Gasteiger partial charge >= 0.3 is 0 Å². The Hall–Kier alpha value is -0.900. The molecule has 1 saturated heterocycles. The molecular formula is C15H23NO2. The van der Waals surface area contributed by atoms with Crippen molar-refractivity contribution in [1.29, 1.82) is 0 Å². The van der Waals surface area contributed by atoms with Crippen molar-refractivity contribution >= 4 is 0 Å². The van der Waals surface area contributed by atoms with E-state index in [9.17, 15) is 0 Å². The molecule has 3 heteroatoms. The van der Waals surface area contributed by atoms with Gasteiger partial charge in [0.2, 0.25) is 0 Å². The van der Waals surface area contributed by atoms with Crippen LogP contribution < -0.4 is 5.32 Å². The first kappa shape index (κ1) is 13.5. The van der Waals surface area contributed by atoms with E-state index in [4.69, 9.17) is 9.47 Å². The highest BCUT2D eigenvalue weighted by atomic mass is 16.5. The highest BCUT2D eigenvalue weighted by Gasteiger charge is 2.17. The maximum atomic E-state index is 6.00. The molecule has 1 aliphatic heterocycles. The Balaban J connectivity index is 1.91. The van der Waals surface area contributed by atoms with Crippen LogP contribution in [-0.2, 0) is 9.47 Å². The smallest absolute Gasteiger partial charge is 0.0665 e. The molecule has 0 aliphatic carbocycles. The van der Waals surface area contributed by atoms with Crippen molar-refractivity contribution < 1.29 is 9.47 Å². The van der Waals surface area contributed by atoms with Gasteiger partial charge in [0.05, 0.1) is 18.8 Å². The summed E-state index contributed by atoms with van der Waals surface area (Å²) in [5.74, 6) is 0. The predicted molar refractivity (Wildman–Crippen MR) is 72.8 cm³/mol. The van der Waals surface area contributed by atoms with E-state index in [0.717, 1.165) is 32.7 Å². The van der Waals surface area contributed by atoms with Gasteiger partial charge in [-0.1, -0.05) is 24.3 Å². The van der Waals surface area contributed by atoms with E-state index in [2.05, 4.69) is 36.5 Å². The van der Waals surface area contributed by atoms with Crippen LogP contribution in [0.5, 0.6) is 0 Å². The lowest BCUT2D eigenvalue weighted by atomic mass is 10.0. The van der Waals surface area contributed by atoms with Crippen molar-refractivity contribution in [2.24, 2.45) is 0 Å². The monoisotopic (exact) mass is 249 g/mol. The highest BCUT2D eigenvalue weighted by Crippen LogP contribution is 2.19. The molecule has 0 radical (unpaired) electrons. The summed E-state index contributed by atoms with van der Waals surface area (Å²) in [7, 11) is 1.99. The molecule has 1 heterocycles. The summed E-state index contributed by atoms with van der Waals surface area (Å²) in [6, 6.07) is 8.75. The minimum absolute atomic E-state index is 0.272. The van der Waals surface area contributed by atoms with E-state index in [1.807, 2.05) is 7.05 Å². The second-order valence-corrected chi connectivity index (χ2v) is 4.84. The molecule has 0 amide bonds. The standard InChI is InChI=1S/C15H23NO2/c1-12-5-3-4-6-14(12)15(16-2)11-18-13-7-9-17-10-8-13/h3-6,13,15-16H,7-11H2,1-2H3. The molecule has 0 saturated carbocycles. The lowest BCUT2D eigenvalue weighted by Gasteiger charge is -2.26. The van der Waals surface area contributed by atoms with Gasteiger partial charge in [0.25, 0.3) is 0 Å². The Morgan fingerprint density at radius 1 is 1.33 bits per heavy atom. The third kappa shape index (κ3) is 3.55. The van der Waals surface area contributed by atoms with Gasteiger partial charge in [-0.2, -0.15) is 0 Å². The fraction of sp³-hybridized carbons (Fsp3) is 0.600. The molecule has 18 heavy (non-hydrogen) atoms. The van der Waals surface area contributed by atoms with Crippen LogP contribution in [0, 0.1) is 6.92 Å². The number of rotatable bonds is 5. The summed E-state index contributed by atoms with van der Waals surface area (Å²) in [6.45, 7) is 4.54. The molecule has 3 nitrogen and oxygen atoms in total. The Morgan fingerprint density at radius 3 is 2.72 bits per heavy atom. The van der Waals surface area contributed by atoms with Crippen molar-refractivity contribution in [2.45, 2.75) is 31.9 Å². The number of likely N-dealkylation sites (N-methyl/N-ethyl adjacent to an activating group) is 1. The Kier molecular flexibility index (Phi) is 5.17. The average molecular weight is 249 g/mol. The third-order valence-electron chi connectivity index (χ3n) is 3.58. The number of hydrogen-bond acceptors (Lipinski definition) is 3. The van der Waals surface area contributed by atoms with Crippen molar-refractivity contribution in [2.75, 3.05) is 26.9 Å². The Bertz CT molecular complexity index is 361. The molecule has 1 atom stereocenters. The fourth-order valence-corrected chi connectivity index (χ4v) is 2.38. The zero-order chi connectivity index (χ0) is 12.8. The lowest BCUT2D eigenvalue weighted by Crippen LogP contribution is -2.29. The van der Waals surface area contributed by atoms with Crippen LogP contribution in [0.25, 0.3) is 0 Å². The summed E-state index contributed by atoms with van der Waals surface area (Å²) < 4.78 is 11.3. The van der Waals surface area contributed by atoms with Gasteiger partial charge in [0.1, 0.15) is 0 Å². The zero-order valence-electron chi connectivity index (χ0n) is 11.3. The first-order valence-electron chi connectivity index (χ1n) is 6.73. The molecule has 2 rings (SSSR count). The minimum atomic E-state index is 0.272. The summed E-state index contributed by atoms with van der Waals surface area (Å²) in [5, 5.41) is 3.34. The molecule has 1 unspecified atom stereocenters. The van der Waals surface area contributed by atoms with Crippen LogP contribution in [0.4, 0.5) is 0 Å². The minimum Gasteiger partial charge on any atom is -0.381 e. The summed E-state index contributed by atoms with van der Waals surface area (Å²) in [4.78, 5) is 0. The summed E-state index contributed by atoms with van der Waals surface area (Å²) in [6.07, 6.45) is 2.40. The normalized spacial score (nSPS) is 18.8. The maximum Gasteiger partial charge on any atom is 0.0665 e. The van der Waals surface area contributed by atoms with Gasteiger partial charge in [-0.15, -0.1) is 0 Å². The molecular weight excluding hydrogens is 226 g/mol. The molecule has 0 bridgehead atoms. The van der Waals surface area contributed by atoms with Gasteiger partial charge < -0.3 is 14.8 Å². The number of aryl methyl sites for hydroxylation is 1. The van der Waals surface area contributed by atoms with Gasteiger partial charge in [-0.3, -0.25) is 0 Å². The second-order valence-electron chi connectivity index (χ2n) is 4.84. The maximum absolute atomic E-state index is 6.00. The van der Waals surface area contributed by atoms with Crippen LogP contribution in [0.1, 0.15) is 30.0 Å². The third-order valence-corrected chi connectivity index (χ3v) is 3.58. The highest BCUT2D eigenvalue weighted by molar-refractivity contribution is 5.28. The van der Waals surface area contributed by atoms with Crippen molar-refractivity contribution in [3.05, 3.63) is 35.4 Å². The van der Waals surface area contributed by atoms with Crippen molar-refractivity contribution in [3.63, 3.8) is 0 Å². The Labute approximate surface area is 109 Å². The molecule has 1 aromatic carbocycles. The molecule has 1 aromatic rings. The van der Waals surface area contributed by atoms with Gasteiger partial charge in [0.15, 0.2) is 0 Å². The fourth-order valence-electron chi connectivity index (χ4n) is 2.38. The predicted octanol–water partition coefficient (Wildman–Crippen LogP) is 2.45. The molecule has 0 spiro atoms. The van der Waals surface area contributed by atoms with Crippen LogP contribution in [0.2, 0.25) is 0 Å². The first-order chi connectivity index (χ1) is 8.81. The molecule has 1 fully saturated rings. The van der Waals surface area contributed by atoms with Crippen LogP contribution in [-0.4, -0.2) is 33.0 Å². The van der Waals surface area contributed by atoms with E-state index in [-0.39, 0.29) is 6.04 Å². The van der Waals surface area contributed by atoms with Crippen LogP contribution in [0.3, 0.4) is 0 Å². The van der Waals surface area contributed by atoms with Crippen LogP contribution >= 0.6 is 0 Å². The quantitative estimate of drug-likeness (QED) is 0.869. The SMILES string of the molecule is CNC(COC1CCOCC1)c1ccccc1C. The van der Waals surface area contributed by atoms with Crippen molar-refractivity contribution in [1.82, 2.24) is 5.32 Å². The average Bonchev–Trinajstić information content (AvgIpc) is 2.42. The first-order valence-corrected chi connectivity index (χ1v) is 6.73. The topological polar surface area (TPSA) is 30.5 Å². The number of nitrogens with one attached hydrogen (secondary N) is 1. The largest absolute Gasteiger partial charge is 0.381 e. The number of benzene rings is 1. The Morgan fingerprint density at radius 2 is 2.06 bits per heavy atom. The van der Waals surface area contributed by atoms with Gasteiger partial charge in [-0.05, 0) is 37.9 Å².